The maximum Gasteiger partial charge on any atom is 0.140 e. The lowest BCUT2D eigenvalue weighted by Crippen LogP contribution is -2.32. The predicted octanol–water partition coefficient (Wildman–Crippen LogP) is 14.9. The first-order valence-electron chi connectivity index (χ1n) is 20.4. The summed E-state index contributed by atoms with van der Waals surface area (Å²) < 4.78 is 9.54. The third-order valence-corrected chi connectivity index (χ3v) is 13.1. The zero-order valence-electron chi connectivity index (χ0n) is 32.1. The van der Waals surface area contributed by atoms with Crippen LogP contribution < -0.4 is 4.74 Å². The van der Waals surface area contributed by atoms with E-state index in [9.17, 15) is 0 Å². The monoisotopic (exact) mass is 749 g/mol. The number of ether oxygens (including phenoxy) is 1. The van der Waals surface area contributed by atoms with Gasteiger partial charge in [0.05, 0.1) is 16.4 Å². The second kappa shape index (κ2) is 12.2. The molecule has 0 amide bonds. The van der Waals surface area contributed by atoms with Gasteiger partial charge in [0, 0.05) is 38.4 Å². The Balaban J connectivity index is 0.984. The smallest absolute Gasteiger partial charge is 0.140 e. The molecule has 0 fully saturated rings. The molecule has 2 nitrogen and oxygen atoms in total. The first-order valence-corrected chi connectivity index (χ1v) is 20.4. The first-order chi connectivity index (χ1) is 29.3. The predicted molar refractivity (Wildman–Crippen MR) is 244 cm³/mol. The van der Waals surface area contributed by atoms with Gasteiger partial charge in [-0.1, -0.05) is 176 Å². The van der Waals surface area contributed by atoms with Crippen molar-refractivity contribution in [3.63, 3.8) is 0 Å². The number of benzene rings is 10. The number of nitrogens with zero attached hydrogens (tertiary/aromatic N) is 1. The van der Waals surface area contributed by atoms with Gasteiger partial charge in [0.15, 0.2) is 0 Å². The molecule has 59 heavy (non-hydrogen) atoms. The van der Waals surface area contributed by atoms with Crippen LogP contribution in [0.15, 0.2) is 212 Å². The van der Waals surface area contributed by atoms with E-state index in [1.165, 1.54) is 93.9 Å². The molecule has 0 unspecified atom stereocenters. The third-order valence-electron chi connectivity index (χ3n) is 13.1. The molecule has 0 radical (unpaired) electrons. The highest BCUT2D eigenvalue weighted by Crippen LogP contribution is 2.64. The minimum atomic E-state index is -0.576. The van der Waals surface area contributed by atoms with Gasteiger partial charge < -0.3 is 9.30 Å². The van der Waals surface area contributed by atoms with E-state index in [0.29, 0.717) is 0 Å². The molecular formula is C57H35NO. The molecule has 1 aromatic heterocycles. The molecule has 0 N–H and O–H groups in total. The summed E-state index contributed by atoms with van der Waals surface area (Å²) in [5.74, 6) is 1.88. The molecule has 1 aliphatic heterocycles. The molecule has 10 aromatic carbocycles. The minimum absolute atomic E-state index is 0.576. The maximum absolute atomic E-state index is 7.16. The Labute approximate surface area is 341 Å². The number of hydrogen-bond acceptors (Lipinski definition) is 1. The van der Waals surface area contributed by atoms with Crippen LogP contribution in [-0.4, -0.2) is 4.57 Å². The fourth-order valence-electron chi connectivity index (χ4n) is 10.4. The van der Waals surface area contributed by atoms with Crippen molar-refractivity contribution in [1.82, 2.24) is 4.57 Å². The summed E-state index contributed by atoms with van der Waals surface area (Å²) in [5.41, 5.74) is 15.3. The molecule has 0 atom stereocenters. The molecule has 0 saturated heterocycles. The van der Waals surface area contributed by atoms with Crippen LogP contribution in [0.1, 0.15) is 22.3 Å². The Hall–Kier alpha value is -7.68. The summed E-state index contributed by atoms with van der Waals surface area (Å²) in [7, 11) is 0. The molecule has 0 bridgehead atoms. The summed E-state index contributed by atoms with van der Waals surface area (Å²) >= 11 is 0. The van der Waals surface area contributed by atoms with Crippen LogP contribution in [-0.2, 0) is 5.41 Å². The van der Waals surface area contributed by atoms with Crippen LogP contribution in [0.2, 0.25) is 0 Å². The second-order valence-corrected chi connectivity index (χ2v) is 16.0. The van der Waals surface area contributed by atoms with E-state index < -0.39 is 5.41 Å². The highest BCUT2D eigenvalue weighted by Gasteiger charge is 2.51. The lowest BCUT2D eigenvalue weighted by molar-refractivity contribution is 0.447. The molecule has 1 spiro atoms. The number of aromatic nitrogens is 1. The average molecular weight is 750 g/mol. The largest absolute Gasteiger partial charge is 0.455 e. The van der Waals surface area contributed by atoms with Crippen LogP contribution in [0.3, 0.4) is 0 Å². The molecular weight excluding hydrogens is 715 g/mol. The molecule has 1 aliphatic carbocycles. The van der Waals surface area contributed by atoms with Crippen molar-refractivity contribution in [1.29, 1.82) is 0 Å². The van der Waals surface area contributed by atoms with E-state index in [4.69, 9.17) is 4.74 Å². The highest BCUT2D eigenvalue weighted by molar-refractivity contribution is 6.10. The summed E-state index contributed by atoms with van der Waals surface area (Å²) in [4.78, 5) is 0. The van der Waals surface area contributed by atoms with Crippen LogP contribution in [0, 0.1) is 0 Å². The lowest BCUT2D eigenvalue weighted by Gasteiger charge is -2.40. The van der Waals surface area contributed by atoms with Crippen LogP contribution in [0.5, 0.6) is 11.5 Å². The van der Waals surface area contributed by atoms with Crippen molar-refractivity contribution in [2.45, 2.75) is 5.41 Å². The van der Waals surface area contributed by atoms with Gasteiger partial charge >= 0.3 is 0 Å². The Morgan fingerprint density at radius 2 is 0.847 bits per heavy atom. The van der Waals surface area contributed by atoms with E-state index in [2.05, 4.69) is 217 Å². The zero-order chi connectivity index (χ0) is 38.7. The second-order valence-electron chi connectivity index (χ2n) is 16.0. The molecule has 2 heteroatoms. The Morgan fingerprint density at radius 3 is 1.56 bits per heavy atom. The van der Waals surface area contributed by atoms with E-state index in [1.54, 1.807) is 0 Å². The number of fused-ring (bicyclic) bond motifs is 16. The van der Waals surface area contributed by atoms with Crippen LogP contribution in [0.25, 0.3) is 82.4 Å². The van der Waals surface area contributed by atoms with Crippen molar-refractivity contribution in [2.24, 2.45) is 0 Å². The van der Waals surface area contributed by atoms with Crippen molar-refractivity contribution < 1.29 is 4.74 Å². The SMILES string of the molecule is c1ccc(-n2c3ccccc3c3cc(-c4ccc(-c5ccc6c(c5)C5(c7ccccc7-6)c6ccc7ccccc7c6Oc6c5ccc5ccccc65)cc4)ccc32)cc1. The highest BCUT2D eigenvalue weighted by atomic mass is 16.5. The standard InChI is InChI=1S/C57H35NO/c1-2-14-42(15-3-1)58-53-21-11-9-19-47(53)48-34-40(29-33-54(48)58)36-22-24-37(25-23-36)41-26-30-46-45-18-8-10-20-49(45)57(52(46)35-41)50-31-27-38-12-4-6-16-43(38)55(50)59-56-44-17-7-5-13-39(44)28-32-51(56)57/h1-35H. The number of rotatable bonds is 3. The van der Waals surface area contributed by atoms with Crippen molar-refractivity contribution in [3.05, 3.63) is 235 Å². The fraction of sp³-hybridized carbons (Fsp3) is 0.0175. The van der Waals surface area contributed by atoms with Gasteiger partial charge in [-0.2, -0.15) is 0 Å². The van der Waals surface area contributed by atoms with E-state index >= 15 is 0 Å². The van der Waals surface area contributed by atoms with Gasteiger partial charge in [-0.05, 0) is 91.7 Å². The normalized spacial score (nSPS) is 13.4. The summed E-state index contributed by atoms with van der Waals surface area (Å²) in [6.07, 6.45) is 0. The lowest BCUT2D eigenvalue weighted by atomic mass is 9.65. The topological polar surface area (TPSA) is 14.2 Å². The molecule has 13 rings (SSSR count). The molecule has 2 heterocycles. The Bertz CT molecular complexity index is 3430. The van der Waals surface area contributed by atoms with Crippen molar-refractivity contribution in [2.75, 3.05) is 0 Å². The van der Waals surface area contributed by atoms with Gasteiger partial charge in [-0.3, -0.25) is 0 Å². The quantitative estimate of drug-likeness (QED) is 0.175. The summed E-state index contributed by atoms with van der Waals surface area (Å²) in [6.45, 7) is 0. The molecule has 11 aromatic rings. The molecule has 0 saturated carbocycles. The third kappa shape index (κ3) is 4.46. The van der Waals surface area contributed by atoms with Crippen molar-refractivity contribution in [3.8, 4) is 50.6 Å². The van der Waals surface area contributed by atoms with Gasteiger partial charge in [-0.25, -0.2) is 0 Å². The first kappa shape index (κ1) is 32.4. The number of para-hydroxylation sites is 2. The van der Waals surface area contributed by atoms with Crippen LogP contribution in [0.4, 0.5) is 0 Å². The Morgan fingerprint density at radius 1 is 0.322 bits per heavy atom. The van der Waals surface area contributed by atoms with Gasteiger partial charge in [-0.15, -0.1) is 0 Å². The fourth-order valence-corrected chi connectivity index (χ4v) is 10.4. The van der Waals surface area contributed by atoms with Gasteiger partial charge in [0.1, 0.15) is 11.5 Å². The maximum atomic E-state index is 7.16. The zero-order valence-corrected chi connectivity index (χ0v) is 32.1. The summed E-state index contributed by atoms with van der Waals surface area (Å²) in [5, 5.41) is 7.12. The van der Waals surface area contributed by atoms with Crippen molar-refractivity contribution >= 4 is 43.4 Å². The van der Waals surface area contributed by atoms with Gasteiger partial charge in [0.25, 0.3) is 0 Å². The Kier molecular flexibility index (Phi) is 6.68. The minimum Gasteiger partial charge on any atom is -0.455 e. The van der Waals surface area contributed by atoms with Gasteiger partial charge in [0.2, 0.25) is 0 Å². The molecule has 2 aliphatic rings. The number of hydrogen-bond donors (Lipinski definition) is 0. The molecule has 274 valence electrons. The van der Waals surface area contributed by atoms with E-state index in [1.807, 2.05) is 0 Å². The van der Waals surface area contributed by atoms with E-state index in [0.717, 1.165) is 22.3 Å². The summed E-state index contributed by atoms with van der Waals surface area (Å²) in [6, 6.07) is 77.9. The van der Waals surface area contributed by atoms with Crippen LogP contribution >= 0.6 is 0 Å². The van der Waals surface area contributed by atoms with E-state index in [-0.39, 0.29) is 0 Å². The average Bonchev–Trinajstić information content (AvgIpc) is 3.79.